The van der Waals surface area contributed by atoms with Crippen LogP contribution < -0.4 is 20.1 Å². The SMILES string of the molecule is COc1ccccc1N1CCN(C(=O)Cn2nc3c(Oc4ccc(C)cc4)nccn3c2=O)CC1. The molecule has 1 aliphatic rings. The monoisotopic (exact) mass is 474 g/mol. The van der Waals surface area contributed by atoms with Gasteiger partial charge in [-0.05, 0) is 31.2 Å². The summed E-state index contributed by atoms with van der Waals surface area (Å²) >= 11 is 0. The van der Waals surface area contributed by atoms with Crippen LogP contribution in [0, 0.1) is 6.92 Å². The van der Waals surface area contributed by atoms with Gasteiger partial charge in [0.1, 0.15) is 18.0 Å². The second-order valence-electron chi connectivity index (χ2n) is 8.32. The Morgan fingerprint density at radius 1 is 1.03 bits per heavy atom. The number of anilines is 1. The van der Waals surface area contributed by atoms with Gasteiger partial charge >= 0.3 is 5.69 Å². The highest BCUT2D eigenvalue weighted by Gasteiger charge is 2.24. The molecule has 0 unspecified atom stereocenters. The summed E-state index contributed by atoms with van der Waals surface area (Å²) in [5, 5.41) is 4.35. The molecule has 35 heavy (non-hydrogen) atoms. The summed E-state index contributed by atoms with van der Waals surface area (Å²) in [6, 6.07) is 15.3. The van der Waals surface area contributed by atoms with E-state index >= 15 is 0 Å². The second kappa shape index (κ2) is 9.49. The summed E-state index contributed by atoms with van der Waals surface area (Å²) in [6.45, 7) is 4.26. The molecule has 180 valence electrons. The fraction of sp³-hybridized carbons (Fsp3) is 0.280. The van der Waals surface area contributed by atoms with Crippen molar-refractivity contribution >= 4 is 17.2 Å². The Hall–Kier alpha value is -4.34. The number of hydrogen-bond donors (Lipinski definition) is 0. The molecule has 0 radical (unpaired) electrons. The first kappa shape index (κ1) is 22.5. The zero-order valence-electron chi connectivity index (χ0n) is 19.6. The van der Waals surface area contributed by atoms with Gasteiger partial charge < -0.3 is 19.3 Å². The number of ether oxygens (including phenoxy) is 2. The van der Waals surface area contributed by atoms with Crippen molar-refractivity contribution < 1.29 is 14.3 Å². The molecule has 5 rings (SSSR count). The smallest absolute Gasteiger partial charge is 0.351 e. The minimum Gasteiger partial charge on any atom is -0.495 e. The maximum absolute atomic E-state index is 13.0. The van der Waals surface area contributed by atoms with Gasteiger partial charge in [0.25, 0.3) is 5.88 Å². The number of piperazine rings is 1. The molecule has 1 amide bonds. The number of carbonyl (C=O) groups excluding carboxylic acids is 1. The number of carbonyl (C=O) groups is 1. The van der Waals surface area contributed by atoms with E-state index in [1.807, 2.05) is 55.5 Å². The number of aromatic nitrogens is 4. The number of para-hydroxylation sites is 2. The highest BCUT2D eigenvalue weighted by Crippen LogP contribution is 2.28. The number of rotatable bonds is 6. The molecule has 2 aromatic heterocycles. The quantitative estimate of drug-likeness (QED) is 0.423. The van der Waals surface area contributed by atoms with Crippen LogP contribution in [0.15, 0.2) is 65.7 Å². The van der Waals surface area contributed by atoms with Crippen molar-refractivity contribution in [1.29, 1.82) is 0 Å². The highest BCUT2D eigenvalue weighted by molar-refractivity contribution is 5.76. The van der Waals surface area contributed by atoms with Crippen LogP contribution >= 0.6 is 0 Å². The van der Waals surface area contributed by atoms with E-state index in [4.69, 9.17) is 9.47 Å². The summed E-state index contributed by atoms with van der Waals surface area (Å²) in [6.07, 6.45) is 2.99. The zero-order valence-corrected chi connectivity index (χ0v) is 19.6. The van der Waals surface area contributed by atoms with Gasteiger partial charge in [-0.3, -0.25) is 4.79 Å². The van der Waals surface area contributed by atoms with Crippen molar-refractivity contribution in [3.8, 4) is 17.4 Å². The molecule has 1 saturated heterocycles. The lowest BCUT2D eigenvalue weighted by atomic mass is 10.2. The molecule has 0 spiro atoms. The molecule has 0 atom stereocenters. The largest absolute Gasteiger partial charge is 0.495 e. The van der Waals surface area contributed by atoms with E-state index in [1.165, 1.54) is 16.8 Å². The van der Waals surface area contributed by atoms with E-state index in [2.05, 4.69) is 15.0 Å². The van der Waals surface area contributed by atoms with E-state index in [0.29, 0.717) is 31.9 Å². The lowest BCUT2D eigenvalue weighted by Crippen LogP contribution is -2.50. The normalized spacial score (nSPS) is 13.8. The summed E-state index contributed by atoms with van der Waals surface area (Å²) < 4.78 is 13.8. The topological polar surface area (TPSA) is 94.2 Å². The summed E-state index contributed by atoms with van der Waals surface area (Å²) in [7, 11) is 1.65. The van der Waals surface area contributed by atoms with Crippen molar-refractivity contribution in [3.05, 3.63) is 77.0 Å². The number of methoxy groups -OCH3 is 1. The lowest BCUT2D eigenvalue weighted by Gasteiger charge is -2.36. The number of fused-ring (bicyclic) bond motifs is 1. The Labute approximate surface area is 201 Å². The molecular formula is C25H26N6O4. The van der Waals surface area contributed by atoms with E-state index in [-0.39, 0.29) is 24.0 Å². The van der Waals surface area contributed by atoms with Gasteiger partial charge in [-0.25, -0.2) is 18.9 Å². The predicted octanol–water partition coefficient (Wildman–Crippen LogP) is 2.35. The molecule has 0 aliphatic carbocycles. The van der Waals surface area contributed by atoms with Crippen LogP contribution in [0.3, 0.4) is 0 Å². The van der Waals surface area contributed by atoms with E-state index in [1.54, 1.807) is 12.0 Å². The number of amides is 1. The van der Waals surface area contributed by atoms with Gasteiger partial charge in [0.15, 0.2) is 0 Å². The Morgan fingerprint density at radius 2 is 1.77 bits per heavy atom. The molecule has 10 heteroatoms. The summed E-state index contributed by atoms with van der Waals surface area (Å²) in [5.74, 6) is 1.43. The van der Waals surface area contributed by atoms with Crippen LogP contribution in [0.25, 0.3) is 5.65 Å². The third-order valence-electron chi connectivity index (χ3n) is 6.05. The highest BCUT2D eigenvalue weighted by atomic mass is 16.5. The van der Waals surface area contributed by atoms with Crippen molar-refractivity contribution in [2.45, 2.75) is 13.5 Å². The van der Waals surface area contributed by atoms with Gasteiger partial charge in [0.2, 0.25) is 11.6 Å². The zero-order chi connectivity index (χ0) is 24.4. The standard InChI is InChI=1S/C25H26N6O4/c1-18-7-9-19(10-8-18)35-24-23-27-31(25(33)30(23)12-11-26-24)17-22(32)29-15-13-28(14-16-29)20-5-3-4-6-21(20)34-2/h3-12H,13-17H2,1-2H3. The summed E-state index contributed by atoms with van der Waals surface area (Å²) in [4.78, 5) is 34.1. The summed E-state index contributed by atoms with van der Waals surface area (Å²) in [5.41, 5.74) is 1.95. The number of hydrogen-bond acceptors (Lipinski definition) is 7. The van der Waals surface area contributed by atoms with Gasteiger partial charge in [0, 0.05) is 38.6 Å². The lowest BCUT2D eigenvalue weighted by molar-refractivity contribution is -0.132. The van der Waals surface area contributed by atoms with Crippen molar-refractivity contribution in [2.75, 3.05) is 38.2 Å². The molecule has 4 aromatic rings. The Kier molecular flexibility index (Phi) is 6.09. The first-order valence-electron chi connectivity index (χ1n) is 11.4. The second-order valence-corrected chi connectivity index (χ2v) is 8.32. The third kappa shape index (κ3) is 4.54. The molecular weight excluding hydrogens is 448 g/mol. The maximum Gasteiger partial charge on any atom is 0.351 e. The van der Waals surface area contributed by atoms with Gasteiger partial charge in [0.05, 0.1) is 12.8 Å². The number of nitrogens with zero attached hydrogens (tertiary/aromatic N) is 6. The van der Waals surface area contributed by atoms with Gasteiger partial charge in [-0.1, -0.05) is 29.8 Å². The molecule has 0 N–H and O–H groups in total. The Balaban J connectivity index is 1.29. The molecule has 1 aliphatic heterocycles. The van der Waals surface area contributed by atoms with Gasteiger partial charge in [-0.2, -0.15) is 0 Å². The molecule has 1 fully saturated rings. The maximum atomic E-state index is 13.0. The van der Waals surface area contributed by atoms with Gasteiger partial charge in [-0.15, -0.1) is 5.10 Å². The van der Waals surface area contributed by atoms with Crippen LogP contribution in [-0.2, 0) is 11.3 Å². The van der Waals surface area contributed by atoms with Crippen LogP contribution in [0.1, 0.15) is 5.56 Å². The predicted molar refractivity (Wildman–Crippen MR) is 130 cm³/mol. The van der Waals surface area contributed by atoms with E-state index < -0.39 is 5.69 Å². The third-order valence-corrected chi connectivity index (χ3v) is 6.05. The van der Waals surface area contributed by atoms with Crippen LogP contribution in [0.4, 0.5) is 5.69 Å². The minimum absolute atomic E-state index is 0.154. The van der Waals surface area contributed by atoms with Crippen LogP contribution in [0.2, 0.25) is 0 Å². The first-order valence-corrected chi connectivity index (χ1v) is 11.4. The first-order chi connectivity index (χ1) is 17.0. The number of benzene rings is 2. The van der Waals surface area contributed by atoms with Crippen LogP contribution in [-0.4, -0.2) is 63.3 Å². The molecule has 3 heterocycles. The Morgan fingerprint density at radius 3 is 2.51 bits per heavy atom. The fourth-order valence-electron chi connectivity index (χ4n) is 4.13. The molecule has 0 saturated carbocycles. The van der Waals surface area contributed by atoms with Crippen molar-refractivity contribution in [3.63, 3.8) is 0 Å². The number of aryl methyl sites for hydroxylation is 1. The minimum atomic E-state index is -0.419. The average Bonchev–Trinajstić information content (AvgIpc) is 3.21. The Bertz CT molecular complexity index is 1400. The van der Waals surface area contributed by atoms with E-state index in [0.717, 1.165) is 21.7 Å². The molecule has 2 aromatic carbocycles. The van der Waals surface area contributed by atoms with Crippen molar-refractivity contribution in [2.24, 2.45) is 0 Å². The fourth-order valence-corrected chi connectivity index (χ4v) is 4.13. The van der Waals surface area contributed by atoms with Crippen LogP contribution in [0.5, 0.6) is 17.4 Å². The van der Waals surface area contributed by atoms with E-state index in [9.17, 15) is 9.59 Å². The average molecular weight is 475 g/mol. The molecule has 10 nitrogen and oxygen atoms in total. The van der Waals surface area contributed by atoms with Crippen molar-refractivity contribution in [1.82, 2.24) is 24.1 Å². The molecule has 0 bridgehead atoms.